The third kappa shape index (κ3) is 3.12. The Morgan fingerprint density at radius 1 is 1.45 bits per heavy atom. The van der Waals surface area contributed by atoms with Gasteiger partial charge in [-0.05, 0) is 40.5 Å². The van der Waals surface area contributed by atoms with Gasteiger partial charge in [-0.2, -0.15) is 0 Å². The van der Waals surface area contributed by atoms with E-state index in [4.69, 9.17) is 10.5 Å². The van der Waals surface area contributed by atoms with E-state index in [0.29, 0.717) is 4.47 Å². The summed E-state index contributed by atoms with van der Waals surface area (Å²) in [6.45, 7) is 1.83. The van der Waals surface area contributed by atoms with Crippen molar-refractivity contribution in [1.29, 1.82) is 0 Å². The fraction of sp³-hybridized carbons (Fsp3) is 0.154. The molecular weight excluding hydrogens is 326 g/mol. The number of halogens is 1. The third-order valence-corrected chi connectivity index (χ3v) is 3.26. The summed E-state index contributed by atoms with van der Waals surface area (Å²) in [6, 6.07) is 7.86. The Morgan fingerprint density at radius 2 is 2.20 bits per heavy atom. The standard InChI is InChI=1S/C13H12BrN3O3/c1-8(15)9-5-6-16-12(7-9)20-13-10(14)3-2-4-11(13)17(18)19/h2-8H,15H2,1H3. The zero-order valence-electron chi connectivity index (χ0n) is 10.6. The number of ether oxygens (including phenoxy) is 1. The topological polar surface area (TPSA) is 91.3 Å². The van der Waals surface area contributed by atoms with Crippen LogP contribution in [-0.4, -0.2) is 9.91 Å². The molecule has 0 spiro atoms. The van der Waals surface area contributed by atoms with Gasteiger partial charge in [-0.1, -0.05) is 6.07 Å². The normalized spacial score (nSPS) is 11.9. The van der Waals surface area contributed by atoms with Crippen LogP contribution in [0.3, 0.4) is 0 Å². The molecule has 20 heavy (non-hydrogen) atoms. The number of nitro groups is 1. The first-order valence-electron chi connectivity index (χ1n) is 5.81. The molecule has 7 heteroatoms. The molecule has 0 saturated heterocycles. The number of benzene rings is 1. The Morgan fingerprint density at radius 3 is 2.85 bits per heavy atom. The van der Waals surface area contributed by atoms with Crippen LogP contribution in [0.15, 0.2) is 41.0 Å². The fourth-order valence-corrected chi connectivity index (χ4v) is 2.05. The van der Waals surface area contributed by atoms with Gasteiger partial charge in [-0.15, -0.1) is 0 Å². The molecule has 104 valence electrons. The molecule has 0 radical (unpaired) electrons. The van der Waals surface area contributed by atoms with Crippen molar-refractivity contribution in [2.75, 3.05) is 0 Å². The minimum atomic E-state index is -0.504. The van der Waals surface area contributed by atoms with Crippen molar-refractivity contribution in [1.82, 2.24) is 4.98 Å². The maximum Gasteiger partial charge on any atom is 0.312 e. The van der Waals surface area contributed by atoms with E-state index in [1.807, 2.05) is 6.92 Å². The van der Waals surface area contributed by atoms with Crippen molar-refractivity contribution < 1.29 is 9.66 Å². The van der Waals surface area contributed by atoms with Crippen LogP contribution in [0.1, 0.15) is 18.5 Å². The number of rotatable bonds is 4. The van der Waals surface area contributed by atoms with Crippen molar-refractivity contribution in [2.24, 2.45) is 5.73 Å². The molecule has 1 aromatic carbocycles. The molecule has 0 aliphatic carbocycles. The molecule has 1 atom stereocenters. The van der Waals surface area contributed by atoms with E-state index in [1.165, 1.54) is 6.07 Å². The van der Waals surface area contributed by atoms with Crippen LogP contribution < -0.4 is 10.5 Å². The average Bonchev–Trinajstić information content (AvgIpc) is 2.41. The van der Waals surface area contributed by atoms with Crippen LogP contribution in [0.25, 0.3) is 0 Å². The zero-order valence-corrected chi connectivity index (χ0v) is 12.2. The number of nitrogens with zero attached hydrogens (tertiary/aromatic N) is 2. The van der Waals surface area contributed by atoms with Crippen molar-refractivity contribution in [2.45, 2.75) is 13.0 Å². The fourth-order valence-electron chi connectivity index (χ4n) is 1.61. The first kappa shape index (κ1) is 14.4. The third-order valence-electron chi connectivity index (χ3n) is 2.63. The van der Waals surface area contributed by atoms with Gasteiger partial charge in [0.05, 0.1) is 9.40 Å². The highest BCUT2D eigenvalue weighted by atomic mass is 79.9. The summed E-state index contributed by atoms with van der Waals surface area (Å²) >= 11 is 3.24. The summed E-state index contributed by atoms with van der Waals surface area (Å²) < 4.78 is 6.02. The lowest BCUT2D eigenvalue weighted by atomic mass is 10.1. The Balaban J connectivity index is 2.40. The molecule has 0 bridgehead atoms. The smallest absolute Gasteiger partial charge is 0.312 e. The number of aromatic nitrogens is 1. The van der Waals surface area contributed by atoms with Crippen molar-refractivity contribution in [3.63, 3.8) is 0 Å². The molecule has 1 aromatic heterocycles. The second-order valence-corrected chi connectivity index (χ2v) is 5.02. The Hall–Kier alpha value is -1.99. The monoisotopic (exact) mass is 337 g/mol. The molecule has 1 heterocycles. The van der Waals surface area contributed by atoms with E-state index in [1.54, 1.807) is 30.5 Å². The molecule has 0 aliphatic heterocycles. The lowest BCUT2D eigenvalue weighted by molar-refractivity contribution is -0.385. The summed E-state index contributed by atoms with van der Waals surface area (Å²) in [5.41, 5.74) is 6.49. The maximum atomic E-state index is 11.0. The highest BCUT2D eigenvalue weighted by Crippen LogP contribution is 2.37. The summed E-state index contributed by atoms with van der Waals surface area (Å²) in [7, 11) is 0. The first-order valence-corrected chi connectivity index (χ1v) is 6.60. The molecule has 2 aromatic rings. The first-order chi connectivity index (χ1) is 9.49. The van der Waals surface area contributed by atoms with Crippen LogP contribution in [0.4, 0.5) is 5.69 Å². The Kier molecular flexibility index (Phi) is 4.31. The number of hydrogen-bond acceptors (Lipinski definition) is 5. The number of pyridine rings is 1. The molecule has 0 saturated carbocycles. The zero-order chi connectivity index (χ0) is 14.7. The van der Waals surface area contributed by atoms with Gasteiger partial charge in [0.2, 0.25) is 11.6 Å². The van der Waals surface area contributed by atoms with Gasteiger partial charge in [0.25, 0.3) is 0 Å². The predicted octanol–water partition coefficient (Wildman–Crippen LogP) is 3.56. The van der Waals surface area contributed by atoms with E-state index >= 15 is 0 Å². The molecule has 2 rings (SSSR count). The summed E-state index contributed by atoms with van der Waals surface area (Å²) in [6.07, 6.45) is 1.55. The van der Waals surface area contributed by atoms with Crippen LogP contribution in [0, 0.1) is 10.1 Å². The van der Waals surface area contributed by atoms with Crippen molar-refractivity contribution in [3.8, 4) is 11.6 Å². The predicted molar refractivity (Wildman–Crippen MR) is 77.7 cm³/mol. The Labute approximate surface area is 123 Å². The highest BCUT2D eigenvalue weighted by molar-refractivity contribution is 9.10. The summed E-state index contributed by atoms with van der Waals surface area (Å²) in [5.74, 6) is 0.377. The lowest BCUT2D eigenvalue weighted by Crippen LogP contribution is -2.05. The van der Waals surface area contributed by atoms with Gasteiger partial charge >= 0.3 is 5.69 Å². The summed E-state index contributed by atoms with van der Waals surface area (Å²) in [4.78, 5) is 14.5. The number of nitro benzene ring substituents is 1. The highest BCUT2D eigenvalue weighted by Gasteiger charge is 2.19. The van der Waals surface area contributed by atoms with E-state index in [2.05, 4.69) is 20.9 Å². The van der Waals surface area contributed by atoms with Gasteiger partial charge in [-0.3, -0.25) is 10.1 Å². The molecule has 6 nitrogen and oxygen atoms in total. The van der Waals surface area contributed by atoms with Gasteiger partial charge in [0.15, 0.2) is 0 Å². The minimum Gasteiger partial charge on any atom is -0.431 e. The molecule has 2 N–H and O–H groups in total. The number of hydrogen-bond donors (Lipinski definition) is 1. The quantitative estimate of drug-likeness (QED) is 0.680. The average molecular weight is 338 g/mol. The van der Waals surface area contributed by atoms with Crippen molar-refractivity contribution >= 4 is 21.6 Å². The van der Waals surface area contributed by atoms with Crippen molar-refractivity contribution in [3.05, 3.63) is 56.7 Å². The van der Waals surface area contributed by atoms with Gasteiger partial charge in [0, 0.05) is 24.4 Å². The lowest BCUT2D eigenvalue weighted by Gasteiger charge is -2.10. The van der Waals surface area contributed by atoms with Crippen LogP contribution in [-0.2, 0) is 0 Å². The van der Waals surface area contributed by atoms with Gasteiger partial charge in [0.1, 0.15) is 0 Å². The van der Waals surface area contributed by atoms with Crippen LogP contribution >= 0.6 is 15.9 Å². The number of para-hydroxylation sites is 1. The molecule has 0 fully saturated rings. The second-order valence-electron chi connectivity index (χ2n) is 4.16. The van der Waals surface area contributed by atoms with Gasteiger partial charge in [-0.25, -0.2) is 4.98 Å². The molecular formula is C13H12BrN3O3. The SMILES string of the molecule is CC(N)c1ccnc(Oc2c(Br)cccc2[N+](=O)[O-])c1. The summed E-state index contributed by atoms with van der Waals surface area (Å²) in [5, 5.41) is 11.0. The minimum absolute atomic E-state index is 0.117. The largest absolute Gasteiger partial charge is 0.431 e. The van der Waals surface area contributed by atoms with Gasteiger partial charge < -0.3 is 10.5 Å². The van der Waals surface area contributed by atoms with E-state index in [0.717, 1.165) is 5.56 Å². The molecule has 1 unspecified atom stereocenters. The van der Waals surface area contributed by atoms with E-state index in [9.17, 15) is 10.1 Å². The van der Waals surface area contributed by atoms with Crippen LogP contribution in [0.5, 0.6) is 11.6 Å². The van der Waals surface area contributed by atoms with E-state index in [-0.39, 0.29) is 23.4 Å². The Bertz CT molecular complexity index is 647. The number of nitrogens with two attached hydrogens (primary N) is 1. The van der Waals surface area contributed by atoms with Crippen LogP contribution in [0.2, 0.25) is 0 Å². The maximum absolute atomic E-state index is 11.0. The molecule has 0 aliphatic rings. The second kappa shape index (κ2) is 5.98. The van der Waals surface area contributed by atoms with E-state index < -0.39 is 4.92 Å². The molecule has 0 amide bonds.